The smallest absolute Gasteiger partial charge is 0.0587 e. The van der Waals surface area contributed by atoms with Crippen molar-refractivity contribution in [2.24, 2.45) is 0 Å². The highest BCUT2D eigenvalue weighted by atomic mass is 79.9. The molecule has 0 saturated carbocycles. The van der Waals surface area contributed by atoms with E-state index in [-0.39, 0.29) is 0 Å². The van der Waals surface area contributed by atoms with Crippen LogP contribution in [0.2, 0.25) is 0 Å². The predicted octanol–water partition coefficient (Wildman–Crippen LogP) is 4.14. The zero-order valence-corrected chi connectivity index (χ0v) is 10.0. The number of nitrogens with zero attached hydrogens (tertiary/aromatic N) is 1. The quantitative estimate of drug-likeness (QED) is 0.679. The largest absolute Gasteiger partial charge is 0.199 e. The van der Waals surface area contributed by atoms with Crippen LogP contribution in [0.15, 0.2) is 30.3 Å². The molecule has 0 aliphatic carbocycles. The van der Waals surface area contributed by atoms with Crippen molar-refractivity contribution in [2.75, 3.05) is 0 Å². The number of hydrogen-bond acceptors (Lipinski definition) is 1. The fourth-order valence-electron chi connectivity index (χ4n) is 0.567. The minimum atomic E-state index is 0.952. The van der Waals surface area contributed by atoms with Crippen LogP contribution in [-0.2, 0) is 5.33 Å². The van der Waals surface area contributed by atoms with Gasteiger partial charge in [0.2, 0.25) is 0 Å². The topological polar surface area (TPSA) is 23.8 Å². The summed E-state index contributed by atoms with van der Waals surface area (Å²) in [6, 6.07) is 12.0. The first-order valence-electron chi connectivity index (χ1n) is 4.26. The lowest BCUT2D eigenvalue weighted by Crippen LogP contribution is -1.70. The van der Waals surface area contributed by atoms with Gasteiger partial charge in [0.25, 0.3) is 0 Å². The molecule has 0 unspecified atom stereocenters. The summed E-state index contributed by atoms with van der Waals surface area (Å²) in [5.41, 5.74) is 1.33. The van der Waals surface area contributed by atoms with Crippen LogP contribution in [-0.4, -0.2) is 0 Å². The Morgan fingerprint density at radius 1 is 1.23 bits per heavy atom. The van der Waals surface area contributed by atoms with E-state index in [1.165, 1.54) is 12.5 Å². The maximum absolute atomic E-state index is 7.32. The van der Waals surface area contributed by atoms with Gasteiger partial charge in [-0.1, -0.05) is 60.1 Å². The van der Waals surface area contributed by atoms with Crippen LogP contribution in [0.4, 0.5) is 0 Å². The van der Waals surface area contributed by atoms with Crippen molar-refractivity contribution in [3.63, 3.8) is 0 Å². The molecule has 0 N–H and O–H groups in total. The van der Waals surface area contributed by atoms with Crippen molar-refractivity contribution in [3.05, 3.63) is 35.9 Å². The van der Waals surface area contributed by atoms with Crippen molar-refractivity contribution in [1.29, 1.82) is 5.26 Å². The molecular formula is C11H16BrN. The molecule has 0 aliphatic rings. The van der Waals surface area contributed by atoms with E-state index in [1.54, 1.807) is 6.07 Å². The molecule has 13 heavy (non-hydrogen) atoms. The molecule has 0 radical (unpaired) electrons. The molecule has 0 fully saturated rings. The van der Waals surface area contributed by atoms with E-state index >= 15 is 0 Å². The number of hydrogen-bond donors (Lipinski definition) is 0. The van der Waals surface area contributed by atoms with Crippen molar-refractivity contribution >= 4 is 15.9 Å². The zero-order chi connectivity index (χ0) is 10.5. The van der Waals surface area contributed by atoms with Crippen LogP contribution in [0.3, 0.4) is 0 Å². The van der Waals surface area contributed by atoms with E-state index in [0.29, 0.717) is 0 Å². The van der Waals surface area contributed by atoms with Gasteiger partial charge in [-0.3, -0.25) is 0 Å². The van der Waals surface area contributed by atoms with Crippen LogP contribution in [0.5, 0.6) is 0 Å². The highest BCUT2D eigenvalue weighted by Gasteiger charge is 1.81. The molecule has 0 aromatic heterocycles. The third-order valence-electron chi connectivity index (χ3n) is 0.997. The number of halogens is 1. The number of nitriles is 1. The fraction of sp³-hybridized carbons (Fsp3) is 0.364. The van der Waals surface area contributed by atoms with Crippen LogP contribution < -0.4 is 0 Å². The van der Waals surface area contributed by atoms with E-state index in [1.807, 2.05) is 32.0 Å². The molecule has 72 valence electrons. The van der Waals surface area contributed by atoms with Crippen molar-refractivity contribution in [1.82, 2.24) is 0 Å². The van der Waals surface area contributed by atoms with Gasteiger partial charge in [-0.2, -0.15) is 5.26 Å². The summed E-state index contributed by atoms with van der Waals surface area (Å²) in [7, 11) is 0. The maximum Gasteiger partial charge on any atom is 0.0587 e. The first kappa shape index (κ1) is 14.7. The summed E-state index contributed by atoms with van der Waals surface area (Å²) >= 11 is 3.36. The van der Waals surface area contributed by atoms with E-state index in [9.17, 15) is 0 Å². The lowest BCUT2D eigenvalue weighted by molar-refractivity contribution is 1.44. The molecule has 2 heteroatoms. The molecule has 0 aliphatic heterocycles. The SMILES string of the molecule is BrCc1ccccc1.CC.CC#N. The second kappa shape index (κ2) is 13.8. The molecular weight excluding hydrogens is 226 g/mol. The van der Waals surface area contributed by atoms with Crippen molar-refractivity contribution in [2.45, 2.75) is 26.1 Å². The maximum atomic E-state index is 7.32. The molecule has 0 heterocycles. The normalized spacial score (nSPS) is 6.69. The first-order chi connectivity index (χ1) is 6.35. The molecule has 0 spiro atoms. The minimum Gasteiger partial charge on any atom is -0.199 e. The van der Waals surface area contributed by atoms with E-state index in [4.69, 9.17) is 5.26 Å². The molecule has 0 amide bonds. The Morgan fingerprint density at radius 2 is 1.62 bits per heavy atom. The monoisotopic (exact) mass is 241 g/mol. The predicted molar refractivity (Wildman–Crippen MR) is 61.7 cm³/mol. The number of benzene rings is 1. The van der Waals surface area contributed by atoms with E-state index < -0.39 is 0 Å². The Balaban J connectivity index is 0. The van der Waals surface area contributed by atoms with Gasteiger partial charge in [0.1, 0.15) is 0 Å². The molecule has 0 atom stereocenters. The third kappa shape index (κ3) is 11.2. The van der Waals surface area contributed by atoms with Gasteiger partial charge in [0, 0.05) is 12.3 Å². The van der Waals surface area contributed by atoms with Crippen molar-refractivity contribution in [3.8, 4) is 6.07 Å². The van der Waals surface area contributed by atoms with Gasteiger partial charge in [-0.05, 0) is 5.56 Å². The number of alkyl halides is 1. The summed E-state index contributed by atoms with van der Waals surface area (Å²) in [6.45, 7) is 5.43. The zero-order valence-electron chi connectivity index (χ0n) is 8.42. The fourth-order valence-corrected chi connectivity index (χ4v) is 0.941. The molecule has 1 rings (SSSR count). The average Bonchev–Trinajstić information content (AvgIpc) is 2.23. The van der Waals surface area contributed by atoms with Gasteiger partial charge in [-0.25, -0.2) is 0 Å². The Morgan fingerprint density at radius 3 is 1.85 bits per heavy atom. The highest BCUT2D eigenvalue weighted by Crippen LogP contribution is 2.02. The highest BCUT2D eigenvalue weighted by molar-refractivity contribution is 9.08. The Labute approximate surface area is 89.5 Å². The molecule has 1 aromatic carbocycles. The van der Waals surface area contributed by atoms with E-state index in [2.05, 4.69) is 28.1 Å². The summed E-state index contributed by atoms with van der Waals surface area (Å²) in [6.07, 6.45) is 0. The van der Waals surface area contributed by atoms with Crippen molar-refractivity contribution < 1.29 is 0 Å². The van der Waals surface area contributed by atoms with Gasteiger partial charge in [-0.15, -0.1) is 0 Å². The Hall–Kier alpha value is -0.810. The standard InChI is InChI=1S/C7H7Br.C2H3N.C2H6/c8-6-7-4-2-1-3-5-7;1-2-3;1-2/h1-5H,6H2;1H3;1-2H3. The summed E-state index contributed by atoms with van der Waals surface area (Å²) in [4.78, 5) is 0. The van der Waals surface area contributed by atoms with Gasteiger partial charge >= 0.3 is 0 Å². The molecule has 1 nitrogen and oxygen atoms in total. The Kier molecular flexibility index (Phi) is 15.6. The second-order valence-corrected chi connectivity index (χ2v) is 2.40. The minimum absolute atomic E-state index is 0.952. The summed E-state index contributed by atoms with van der Waals surface area (Å²) in [5, 5.41) is 8.27. The lowest BCUT2D eigenvalue weighted by atomic mass is 10.2. The summed E-state index contributed by atoms with van der Waals surface area (Å²) < 4.78 is 0. The molecule has 1 aromatic rings. The van der Waals surface area contributed by atoms with Crippen LogP contribution in [0.1, 0.15) is 26.3 Å². The van der Waals surface area contributed by atoms with Gasteiger partial charge < -0.3 is 0 Å². The van der Waals surface area contributed by atoms with Gasteiger partial charge in [0.05, 0.1) is 6.07 Å². The summed E-state index contributed by atoms with van der Waals surface area (Å²) in [5.74, 6) is 0. The van der Waals surface area contributed by atoms with Gasteiger partial charge in [0.15, 0.2) is 0 Å². The average molecular weight is 242 g/mol. The third-order valence-corrected chi connectivity index (χ3v) is 1.64. The second-order valence-electron chi connectivity index (χ2n) is 1.84. The number of rotatable bonds is 1. The molecule has 0 bridgehead atoms. The van der Waals surface area contributed by atoms with Crippen LogP contribution in [0.25, 0.3) is 0 Å². The molecule has 0 saturated heterocycles. The first-order valence-corrected chi connectivity index (χ1v) is 5.38. The van der Waals surface area contributed by atoms with Crippen LogP contribution in [0, 0.1) is 11.3 Å². The van der Waals surface area contributed by atoms with E-state index in [0.717, 1.165) is 5.33 Å². The van der Waals surface area contributed by atoms with Crippen LogP contribution >= 0.6 is 15.9 Å². The Bertz CT molecular complexity index is 213. The lowest BCUT2D eigenvalue weighted by Gasteiger charge is -1.88.